The van der Waals surface area contributed by atoms with Crippen LogP contribution in [0.4, 0.5) is 0 Å². The van der Waals surface area contributed by atoms with Crippen molar-refractivity contribution in [2.75, 3.05) is 0 Å². The van der Waals surface area contributed by atoms with Crippen LogP contribution in [0, 0.1) is 6.92 Å². The van der Waals surface area contributed by atoms with E-state index in [1.165, 1.54) is 29.2 Å². The third-order valence-electron chi connectivity index (χ3n) is 6.55. The smallest absolute Gasteiger partial charge is 0.254 e. The second-order valence-electron chi connectivity index (χ2n) is 9.20. The SMILES string of the molecule is Cc1nc(CN(Cc2cccc(CNC(=O)c3c(Cl)cncc3Cl)c2)C2CCCc3cccnc32)cs1. The lowest BCUT2D eigenvalue weighted by atomic mass is 9.90. The van der Waals surface area contributed by atoms with Gasteiger partial charge in [-0.2, -0.15) is 0 Å². The first-order chi connectivity index (χ1) is 18.0. The number of fused-ring (bicyclic) bond motifs is 1. The topological polar surface area (TPSA) is 71.0 Å². The third-order valence-corrected chi connectivity index (χ3v) is 7.94. The third kappa shape index (κ3) is 6.18. The molecule has 6 nitrogen and oxygen atoms in total. The summed E-state index contributed by atoms with van der Waals surface area (Å²) in [5, 5.41) is 6.61. The summed E-state index contributed by atoms with van der Waals surface area (Å²) in [7, 11) is 0. The molecule has 9 heteroatoms. The summed E-state index contributed by atoms with van der Waals surface area (Å²) in [5.74, 6) is -0.326. The van der Waals surface area contributed by atoms with Gasteiger partial charge in [-0.15, -0.1) is 11.3 Å². The molecule has 0 bridgehead atoms. The predicted molar refractivity (Wildman–Crippen MR) is 148 cm³/mol. The average Bonchev–Trinajstić information content (AvgIpc) is 3.31. The van der Waals surface area contributed by atoms with Gasteiger partial charge in [0.15, 0.2) is 0 Å². The van der Waals surface area contributed by atoms with E-state index < -0.39 is 0 Å². The largest absolute Gasteiger partial charge is 0.348 e. The number of hydrogen-bond donors (Lipinski definition) is 1. The molecule has 3 heterocycles. The fourth-order valence-corrected chi connectivity index (χ4v) is 6.02. The Balaban J connectivity index is 1.35. The van der Waals surface area contributed by atoms with Gasteiger partial charge in [0.05, 0.1) is 38.0 Å². The maximum Gasteiger partial charge on any atom is 0.254 e. The zero-order valence-electron chi connectivity index (χ0n) is 20.5. The van der Waals surface area contributed by atoms with Crippen molar-refractivity contribution in [1.82, 2.24) is 25.2 Å². The van der Waals surface area contributed by atoms with Gasteiger partial charge in [0.2, 0.25) is 0 Å². The molecule has 1 unspecified atom stereocenters. The maximum atomic E-state index is 12.7. The Morgan fingerprint density at radius 3 is 2.73 bits per heavy atom. The van der Waals surface area contributed by atoms with E-state index >= 15 is 0 Å². The molecule has 1 aliphatic rings. The second kappa shape index (κ2) is 11.7. The molecule has 1 atom stereocenters. The number of halogens is 2. The first-order valence-corrected chi connectivity index (χ1v) is 13.9. The molecule has 37 heavy (non-hydrogen) atoms. The van der Waals surface area contributed by atoms with Gasteiger partial charge >= 0.3 is 0 Å². The van der Waals surface area contributed by atoms with E-state index in [2.05, 4.69) is 38.8 Å². The number of nitrogens with zero attached hydrogens (tertiary/aromatic N) is 4. The van der Waals surface area contributed by atoms with Crippen LogP contribution in [0.3, 0.4) is 0 Å². The van der Waals surface area contributed by atoms with E-state index in [4.69, 9.17) is 33.2 Å². The number of pyridine rings is 2. The van der Waals surface area contributed by atoms with Crippen LogP contribution in [0.15, 0.2) is 60.4 Å². The number of benzene rings is 1. The number of aromatic nitrogens is 3. The first kappa shape index (κ1) is 25.8. The van der Waals surface area contributed by atoms with Gasteiger partial charge in [-0.3, -0.25) is 19.7 Å². The van der Waals surface area contributed by atoms with Crippen molar-refractivity contribution >= 4 is 40.4 Å². The number of thiazole rings is 1. The fraction of sp³-hybridized carbons (Fsp3) is 0.286. The molecule has 1 amide bonds. The van der Waals surface area contributed by atoms with Crippen LogP contribution < -0.4 is 5.32 Å². The summed E-state index contributed by atoms with van der Waals surface area (Å²) in [5.41, 5.74) is 6.00. The molecule has 0 radical (unpaired) electrons. The number of carbonyl (C=O) groups is 1. The summed E-state index contributed by atoms with van der Waals surface area (Å²) in [6, 6.07) is 12.8. The van der Waals surface area contributed by atoms with Crippen molar-refractivity contribution in [1.29, 1.82) is 0 Å². The molecule has 0 saturated carbocycles. The summed E-state index contributed by atoms with van der Waals surface area (Å²) in [6.07, 6.45) is 8.01. The summed E-state index contributed by atoms with van der Waals surface area (Å²) in [4.78, 5) is 28.6. The molecular weight excluding hydrogens is 525 g/mol. The average molecular weight is 553 g/mol. The van der Waals surface area contributed by atoms with Crippen molar-refractivity contribution in [3.63, 3.8) is 0 Å². The summed E-state index contributed by atoms with van der Waals surface area (Å²) in [6.45, 7) is 3.91. The van der Waals surface area contributed by atoms with Crippen LogP contribution in [0.2, 0.25) is 10.0 Å². The van der Waals surface area contributed by atoms with Crippen LogP contribution >= 0.6 is 34.5 Å². The zero-order valence-corrected chi connectivity index (χ0v) is 22.8. The van der Waals surface area contributed by atoms with E-state index in [1.54, 1.807) is 11.3 Å². The minimum Gasteiger partial charge on any atom is -0.348 e. The summed E-state index contributed by atoms with van der Waals surface area (Å²) < 4.78 is 0. The Morgan fingerprint density at radius 2 is 1.95 bits per heavy atom. The van der Waals surface area contributed by atoms with Crippen LogP contribution in [0.5, 0.6) is 0 Å². The lowest BCUT2D eigenvalue weighted by Crippen LogP contribution is -2.31. The van der Waals surface area contributed by atoms with E-state index in [-0.39, 0.29) is 27.6 Å². The molecule has 0 saturated heterocycles. The van der Waals surface area contributed by atoms with Crippen molar-refractivity contribution in [2.24, 2.45) is 0 Å². The molecule has 5 rings (SSSR count). The van der Waals surface area contributed by atoms with E-state index in [0.717, 1.165) is 48.6 Å². The fourth-order valence-electron chi connectivity index (χ4n) is 4.88. The molecule has 0 spiro atoms. The van der Waals surface area contributed by atoms with Crippen LogP contribution in [-0.4, -0.2) is 25.8 Å². The highest BCUT2D eigenvalue weighted by atomic mass is 35.5. The van der Waals surface area contributed by atoms with Crippen LogP contribution in [0.25, 0.3) is 0 Å². The van der Waals surface area contributed by atoms with Crippen molar-refractivity contribution < 1.29 is 4.79 Å². The van der Waals surface area contributed by atoms with Gasteiger partial charge < -0.3 is 5.32 Å². The van der Waals surface area contributed by atoms with Crippen molar-refractivity contribution in [3.8, 4) is 0 Å². The molecule has 0 fully saturated rings. The normalized spacial score (nSPS) is 15.0. The lowest BCUT2D eigenvalue weighted by Gasteiger charge is -2.34. The monoisotopic (exact) mass is 551 g/mol. The van der Waals surface area contributed by atoms with Gasteiger partial charge in [-0.1, -0.05) is 53.5 Å². The quantitative estimate of drug-likeness (QED) is 0.268. The van der Waals surface area contributed by atoms with Crippen LogP contribution in [0.1, 0.15) is 62.3 Å². The van der Waals surface area contributed by atoms with Gasteiger partial charge in [-0.25, -0.2) is 4.98 Å². The Labute approximate surface area is 230 Å². The zero-order chi connectivity index (χ0) is 25.8. The lowest BCUT2D eigenvalue weighted by molar-refractivity contribution is 0.0951. The molecule has 3 aromatic heterocycles. The van der Waals surface area contributed by atoms with Gasteiger partial charge in [0.1, 0.15) is 0 Å². The predicted octanol–water partition coefficient (Wildman–Crippen LogP) is 6.56. The Bertz CT molecular complexity index is 1390. The molecule has 0 aliphatic heterocycles. The second-order valence-corrected chi connectivity index (χ2v) is 11.1. The number of aryl methyl sites for hydroxylation is 2. The molecular formula is C28H27Cl2N5OS. The van der Waals surface area contributed by atoms with E-state index in [0.29, 0.717) is 6.54 Å². The van der Waals surface area contributed by atoms with E-state index in [1.807, 2.05) is 31.3 Å². The highest BCUT2D eigenvalue weighted by Gasteiger charge is 2.28. The van der Waals surface area contributed by atoms with Gasteiger partial charge in [0, 0.05) is 43.6 Å². The minimum atomic E-state index is -0.326. The van der Waals surface area contributed by atoms with Crippen molar-refractivity contribution in [3.05, 3.63) is 109 Å². The Kier molecular flexibility index (Phi) is 8.15. The number of amides is 1. The Morgan fingerprint density at radius 1 is 1.14 bits per heavy atom. The van der Waals surface area contributed by atoms with Gasteiger partial charge in [0.25, 0.3) is 5.91 Å². The maximum absolute atomic E-state index is 12.7. The van der Waals surface area contributed by atoms with E-state index in [9.17, 15) is 4.79 Å². The highest BCUT2D eigenvalue weighted by molar-refractivity contribution is 7.09. The molecule has 4 aromatic rings. The number of rotatable bonds is 8. The van der Waals surface area contributed by atoms with Gasteiger partial charge in [-0.05, 0) is 48.9 Å². The summed E-state index contributed by atoms with van der Waals surface area (Å²) >= 11 is 14.0. The minimum absolute atomic E-state index is 0.228. The van der Waals surface area contributed by atoms with Crippen LogP contribution in [-0.2, 0) is 26.1 Å². The molecule has 1 N–H and O–H groups in total. The molecule has 1 aromatic carbocycles. The first-order valence-electron chi connectivity index (χ1n) is 12.2. The number of carbonyl (C=O) groups excluding carboxylic acids is 1. The Hall–Kier alpha value is -2.84. The molecule has 1 aliphatic carbocycles. The highest BCUT2D eigenvalue weighted by Crippen LogP contribution is 2.35. The number of nitrogens with one attached hydrogen (secondary N) is 1. The number of hydrogen-bond acceptors (Lipinski definition) is 6. The molecule has 190 valence electrons. The van der Waals surface area contributed by atoms with Crippen molar-refractivity contribution in [2.45, 2.75) is 51.9 Å². The standard InChI is InChI=1S/C28H27Cl2N5OS/c1-18-34-22(17-37-18)16-35(25-9-3-7-21-8-4-10-32-27(21)25)15-20-6-2-5-19(11-20)12-33-28(36)26-23(29)13-31-14-24(26)30/h2,4-6,8,10-11,13-14,17,25H,3,7,9,12,15-16H2,1H3,(H,33,36).